The number of hydrogen-bond donors (Lipinski definition) is 1. The van der Waals surface area contributed by atoms with Gasteiger partial charge in [-0.2, -0.15) is 0 Å². The van der Waals surface area contributed by atoms with Crippen LogP contribution in [0.15, 0.2) is 42.5 Å². The van der Waals surface area contributed by atoms with E-state index in [0.29, 0.717) is 23.1 Å². The standard InChI is InChI=1S/C20H22ClNO5/c1-4-26-17-10-9-14(11-18(17)25-3)20(24)27-13(2)19(23)22-12-15-7-5-6-8-16(15)21/h5-11,13H,4,12H2,1-3H3,(H,22,23)/t13-/m0/s1. The van der Waals surface area contributed by atoms with Crippen molar-refractivity contribution < 1.29 is 23.8 Å². The lowest BCUT2D eigenvalue weighted by Gasteiger charge is -2.15. The monoisotopic (exact) mass is 391 g/mol. The lowest BCUT2D eigenvalue weighted by molar-refractivity contribution is -0.129. The normalized spacial score (nSPS) is 11.4. The highest BCUT2D eigenvalue weighted by atomic mass is 35.5. The molecular formula is C20H22ClNO5. The molecule has 0 fully saturated rings. The van der Waals surface area contributed by atoms with Crippen molar-refractivity contribution in [1.82, 2.24) is 5.32 Å². The number of amides is 1. The minimum Gasteiger partial charge on any atom is -0.493 e. The van der Waals surface area contributed by atoms with Gasteiger partial charge >= 0.3 is 5.97 Å². The Balaban J connectivity index is 1.96. The van der Waals surface area contributed by atoms with Crippen LogP contribution in [0.2, 0.25) is 5.02 Å². The highest BCUT2D eigenvalue weighted by Crippen LogP contribution is 2.28. The summed E-state index contributed by atoms with van der Waals surface area (Å²) in [5.74, 6) is -0.0953. The molecular weight excluding hydrogens is 370 g/mol. The van der Waals surface area contributed by atoms with Crippen LogP contribution in [0.1, 0.15) is 29.8 Å². The second kappa shape index (κ2) is 9.83. The molecule has 0 saturated heterocycles. The van der Waals surface area contributed by atoms with Crippen LogP contribution in [0.25, 0.3) is 0 Å². The van der Waals surface area contributed by atoms with Crippen LogP contribution in [0.4, 0.5) is 0 Å². The summed E-state index contributed by atoms with van der Waals surface area (Å²) in [7, 11) is 1.48. The van der Waals surface area contributed by atoms with Gasteiger partial charge in [0.25, 0.3) is 5.91 Å². The van der Waals surface area contributed by atoms with Crippen LogP contribution < -0.4 is 14.8 Å². The van der Waals surface area contributed by atoms with Crippen molar-refractivity contribution in [3.8, 4) is 11.5 Å². The number of nitrogens with one attached hydrogen (secondary N) is 1. The maximum absolute atomic E-state index is 12.3. The Labute approximate surface area is 163 Å². The van der Waals surface area contributed by atoms with Gasteiger partial charge in [-0.05, 0) is 43.7 Å². The van der Waals surface area contributed by atoms with Gasteiger partial charge in [0, 0.05) is 11.6 Å². The van der Waals surface area contributed by atoms with Crippen molar-refractivity contribution in [1.29, 1.82) is 0 Å². The maximum Gasteiger partial charge on any atom is 0.339 e. The second-order valence-electron chi connectivity index (χ2n) is 5.66. The van der Waals surface area contributed by atoms with E-state index in [2.05, 4.69) is 5.32 Å². The molecule has 0 bridgehead atoms. The van der Waals surface area contributed by atoms with Gasteiger partial charge in [0.05, 0.1) is 19.3 Å². The fourth-order valence-corrected chi connectivity index (χ4v) is 2.52. The van der Waals surface area contributed by atoms with Gasteiger partial charge in [-0.15, -0.1) is 0 Å². The van der Waals surface area contributed by atoms with Gasteiger partial charge in [-0.1, -0.05) is 29.8 Å². The van der Waals surface area contributed by atoms with Crippen LogP contribution in [-0.4, -0.2) is 31.7 Å². The highest BCUT2D eigenvalue weighted by Gasteiger charge is 2.20. The Kier molecular flexibility index (Phi) is 7.49. The van der Waals surface area contributed by atoms with E-state index in [1.54, 1.807) is 18.2 Å². The minimum atomic E-state index is -0.961. The van der Waals surface area contributed by atoms with Crippen LogP contribution in [0.5, 0.6) is 11.5 Å². The largest absolute Gasteiger partial charge is 0.493 e. The third-order valence-corrected chi connectivity index (χ3v) is 4.13. The molecule has 0 heterocycles. The number of ether oxygens (including phenoxy) is 3. The number of esters is 1. The first kappa shape index (κ1) is 20.6. The van der Waals surface area contributed by atoms with Crippen LogP contribution >= 0.6 is 11.6 Å². The maximum atomic E-state index is 12.3. The number of carbonyl (C=O) groups excluding carboxylic acids is 2. The van der Waals surface area contributed by atoms with E-state index < -0.39 is 18.0 Å². The molecule has 0 aliphatic heterocycles. The second-order valence-corrected chi connectivity index (χ2v) is 6.06. The van der Waals surface area contributed by atoms with Crippen molar-refractivity contribution in [2.24, 2.45) is 0 Å². The first-order valence-corrected chi connectivity index (χ1v) is 8.87. The van der Waals surface area contributed by atoms with Gasteiger partial charge in [0.2, 0.25) is 0 Å². The Hall–Kier alpha value is -2.73. The number of carbonyl (C=O) groups is 2. The Morgan fingerprint density at radius 1 is 1.15 bits per heavy atom. The molecule has 0 aromatic heterocycles. The molecule has 0 spiro atoms. The molecule has 0 saturated carbocycles. The Morgan fingerprint density at radius 3 is 2.56 bits per heavy atom. The van der Waals surface area contributed by atoms with Crippen molar-refractivity contribution in [3.63, 3.8) is 0 Å². The quantitative estimate of drug-likeness (QED) is 0.696. The van der Waals surface area contributed by atoms with Crippen LogP contribution in [0, 0.1) is 0 Å². The summed E-state index contributed by atoms with van der Waals surface area (Å²) in [6.07, 6.45) is -0.961. The van der Waals surface area contributed by atoms with Crippen LogP contribution in [-0.2, 0) is 16.1 Å². The molecule has 0 radical (unpaired) electrons. The van der Waals surface area contributed by atoms with Crippen molar-refractivity contribution in [2.45, 2.75) is 26.5 Å². The summed E-state index contributed by atoms with van der Waals surface area (Å²) in [6, 6.07) is 11.9. The van der Waals surface area contributed by atoms with Crippen LogP contribution in [0.3, 0.4) is 0 Å². The molecule has 1 N–H and O–H groups in total. The average Bonchev–Trinajstić information content (AvgIpc) is 2.67. The Morgan fingerprint density at radius 2 is 1.89 bits per heavy atom. The summed E-state index contributed by atoms with van der Waals surface area (Å²) >= 11 is 6.06. The first-order chi connectivity index (χ1) is 13.0. The van der Waals surface area contributed by atoms with E-state index in [1.807, 2.05) is 25.1 Å². The lowest BCUT2D eigenvalue weighted by atomic mass is 10.2. The molecule has 2 aromatic rings. The fraction of sp³-hybridized carbons (Fsp3) is 0.300. The molecule has 0 unspecified atom stereocenters. The van der Waals surface area contributed by atoms with E-state index in [1.165, 1.54) is 20.1 Å². The van der Waals surface area contributed by atoms with Gasteiger partial charge in [-0.25, -0.2) is 4.79 Å². The zero-order valence-electron chi connectivity index (χ0n) is 15.5. The smallest absolute Gasteiger partial charge is 0.339 e. The van der Waals surface area contributed by atoms with E-state index in [-0.39, 0.29) is 12.1 Å². The van der Waals surface area contributed by atoms with Gasteiger partial charge in [-0.3, -0.25) is 4.79 Å². The Bertz CT molecular complexity index is 809. The summed E-state index contributed by atoms with van der Waals surface area (Å²) in [5.41, 5.74) is 1.04. The molecule has 1 atom stereocenters. The molecule has 7 heteroatoms. The zero-order chi connectivity index (χ0) is 19.8. The third kappa shape index (κ3) is 5.62. The number of halogens is 1. The fourth-order valence-electron chi connectivity index (χ4n) is 2.32. The van der Waals surface area contributed by atoms with E-state index in [9.17, 15) is 9.59 Å². The predicted molar refractivity (Wildman–Crippen MR) is 102 cm³/mol. The molecule has 2 rings (SSSR count). The molecule has 2 aromatic carbocycles. The van der Waals surface area contributed by atoms with Crippen molar-refractivity contribution >= 4 is 23.5 Å². The van der Waals surface area contributed by atoms with Crippen molar-refractivity contribution in [3.05, 3.63) is 58.6 Å². The molecule has 144 valence electrons. The summed E-state index contributed by atoms with van der Waals surface area (Å²) < 4.78 is 15.9. The lowest BCUT2D eigenvalue weighted by Crippen LogP contribution is -2.35. The van der Waals surface area contributed by atoms with E-state index in [0.717, 1.165) is 5.56 Å². The molecule has 0 aliphatic rings. The average molecular weight is 392 g/mol. The summed E-state index contributed by atoms with van der Waals surface area (Å²) in [6.45, 7) is 4.08. The molecule has 27 heavy (non-hydrogen) atoms. The van der Waals surface area contributed by atoms with Gasteiger partial charge < -0.3 is 19.5 Å². The topological polar surface area (TPSA) is 73.9 Å². The summed E-state index contributed by atoms with van der Waals surface area (Å²) in [4.78, 5) is 24.5. The third-order valence-electron chi connectivity index (χ3n) is 3.76. The van der Waals surface area contributed by atoms with Crippen molar-refractivity contribution in [2.75, 3.05) is 13.7 Å². The SMILES string of the molecule is CCOc1ccc(C(=O)O[C@@H](C)C(=O)NCc2ccccc2Cl)cc1OC. The first-order valence-electron chi connectivity index (χ1n) is 8.49. The summed E-state index contributed by atoms with van der Waals surface area (Å²) in [5, 5.41) is 3.26. The zero-order valence-corrected chi connectivity index (χ0v) is 16.2. The van der Waals surface area contributed by atoms with Gasteiger partial charge in [0.15, 0.2) is 17.6 Å². The minimum absolute atomic E-state index is 0.247. The number of methoxy groups -OCH3 is 1. The number of benzene rings is 2. The number of hydrogen-bond acceptors (Lipinski definition) is 5. The number of rotatable bonds is 8. The van der Waals surface area contributed by atoms with E-state index >= 15 is 0 Å². The van der Waals surface area contributed by atoms with E-state index in [4.69, 9.17) is 25.8 Å². The molecule has 6 nitrogen and oxygen atoms in total. The molecule has 0 aliphatic carbocycles. The molecule has 1 amide bonds. The highest BCUT2D eigenvalue weighted by molar-refractivity contribution is 6.31. The van der Waals surface area contributed by atoms with Gasteiger partial charge in [0.1, 0.15) is 0 Å². The predicted octanol–water partition coefficient (Wildman–Crippen LogP) is 3.61.